The molecule has 1 aliphatic rings. The number of amides is 1. The molecule has 0 N–H and O–H groups in total. The lowest BCUT2D eigenvalue weighted by Gasteiger charge is -2.09. The standard InChI is InChI=1S/C9H11ClN2O2/c1-2-7-4-9(14-11-7)12-5-6(10)3-8(12)13/h4,6H,2-3,5H2,1H3. The largest absolute Gasteiger partial charge is 0.338 e. The molecule has 0 aliphatic carbocycles. The summed E-state index contributed by atoms with van der Waals surface area (Å²) in [5, 5.41) is 3.71. The molecule has 1 fully saturated rings. The SMILES string of the molecule is CCc1cc(N2CC(Cl)CC2=O)on1. The van der Waals surface area contributed by atoms with Crippen LogP contribution in [0.2, 0.25) is 0 Å². The molecule has 2 heterocycles. The second-order valence-electron chi connectivity index (χ2n) is 3.32. The van der Waals surface area contributed by atoms with Crippen molar-refractivity contribution in [2.45, 2.75) is 25.1 Å². The molecular weight excluding hydrogens is 204 g/mol. The lowest BCUT2D eigenvalue weighted by Crippen LogP contribution is -2.23. The van der Waals surface area contributed by atoms with Crippen molar-refractivity contribution in [2.24, 2.45) is 0 Å². The number of aryl methyl sites for hydroxylation is 1. The Morgan fingerprint density at radius 1 is 1.79 bits per heavy atom. The summed E-state index contributed by atoms with van der Waals surface area (Å²) in [6.07, 6.45) is 1.18. The van der Waals surface area contributed by atoms with Crippen LogP contribution in [0, 0.1) is 0 Å². The number of aromatic nitrogens is 1. The summed E-state index contributed by atoms with van der Waals surface area (Å²) in [5.74, 6) is 0.513. The lowest BCUT2D eigenvalue weighted by atomic mass is 10.3. The van der Waals surface area contributed by atoms with Crippen LogP contribution in [0.1, 0.15) is 19.0 Å². The van der Waals surface area contributed by atoms with E-state index < -0.39 is 0 Å². The van der Waals surface area contributed by atoms with Crippen molar-refractivity contribution in [3.63, 3.8) is 0 Å². The minimum atomic E-state index is -0.113. The monoisotopic (exact) mass is 214 g/mol. The van der Waals surface area contributed by atoms with E-state index in [4.69, 9.17) is 16.1 Å². The van der Waals surface area contributed by atoms with Crippen molar-refractivity contribution >= 4 is 23.4 Å². The van der Waals surface area contributed by atoms with E-state index in [1.807, 2.05) is 6.92 Å². The molecule has 1 unspecified atom stereocenters. The van der Waals surface area contributed by atoms with Gasteiger partial charge in [0.2, 0.25) is 11.8 Å². The van der Waals surface area contributed by atoms with Gasteiger partial charge in [0.15, 0.2) is 0 Å². The number of halogens is 1. The molecule has 1 aromatic rings. The summed E-state index contributed by atoms with van der Waals surface area (Å²) in [4.78, 5) is 13.0. The van der Waals surface area contributed by atoms with E-state index in [1.54, 1.807) is 11.0 Å². The van der Waals surface area contributed by atoms with E-state index in [0.717, 1.165) is 12.1 Å². The van der Waals surface area contributed by atoms with Crippen LogP contribution in [-0.2, 0) is 11.2 Å². The predicted molar refractivity (Wildman–Crippen MR) is 52.5 cm³/mol. The number of nitrogens with zero attached hydrogens (tertiary/aromatic N) is 2. The third kappa shape index (κ3) is 1.62. The first-order chi connectivity index (χ1) is 6.70. The Morgan fingerprint density at radius 3 is 3.07 bits per heavy atom. The van der Waals surface area contributed by atoms with Crippen molar-refractivity contribution in [1.29, 1.82) is 0 Å². The first-order valence-electron chi connectivity index (χ1n) is 4.60. The van der Waals surface area contributed by atoms with Crippen LogP contribution in [0.3, 0.4) is 0 Å². The van der Waals surface area contributed by atoms with Crippen molar-refractivity contribution in [3.05, 3.63) is 11.8 Å². The van der Waals surface area contributed by atoms with Gasteiger partial charge in [0, 0.05) is 19.0 Å². The van der Waals surface area contributed by atoms with E-state index in [0.29, 0.717) is 18.8 Å². The Hall–Kier alpha value is -1.03. The molecule has 1 aliphatic heterocycles. The van der Waals surface area contributed by atoms with Gasteiger partial charge in [-0.15, -0.1) is 11.6 Å². The summed E-state index contributed by atoms with van der Waals surface area (Å²) in [7, 11) is 0. The fraction of sp³-hybridized carbons (Fsp3) is 0.556. The lowest BCUT2D eigenvalue weighted by molar-refractivity contribution is -0.117. The fourth-order valence-electron chi connectivity index (χ4n) is 1.47. The van der Waals surface area contributed by atoms with Gasteiger partial charge in [0.25, 0.3) is 0 Å². The molecule has 0 aromatic carbocycles. The van der Waals surface area contributed by atoms with Gasteiger partial charge in [-0.05, 0) is 6.42 Å². The summed E-state index contributed by atoms with van der Waals surface area (Å²) in [6.45, 7) is 2.50. The second kappa shape index (κ2) is 3.61. The molecular formula is C9H11ClN2O2. The van der Waals surface area contributed by atoms with Crippen LogP contribution < -0.4 is 4.90 Å². The third-order valence-electron chi connectivity index (χ3n) is 2.25. The predicted octanol–water partition coefficient (Wildman–Crippen LogP) is 1.58. The Morgan fingerprint density at radius 2 is 2.57 bits per heavy atom. The van der Waals surface area contributed by atoms with Crippen molar-refractivity contribution in [1.82, 2.24) is 5.16 Å². The molecule has 14 heavy (non-hydrogen) atoms. The second-order valence-corrected chi connectivity index (χ2v) is 3.93. The fourth-order valence-corrected chi connectivity index (χ4v) is 1.74. The maximum atomic E-state index is 11.4. The van der Waals surface area contributed by atoms with Gasteiger partial charge >= 0.3 is 0 Å². The Kier molecular flexibility index (Phi) is 2.46. The van der Waals surface area contributed by atoms with Crippen LogP contribution in [0.25, 0.3) is 0 Å². The average molecular weight is 215 g/mol. The van der Waals surface area contributed by atoms with Gasteiger partial charge in [-0.1, -0.05) is 12.1 Å². The Bertz CT molecular complexity index is 350. The smallest absolute Gasteiger partial charge is 0.234 e. The highest BCUT2D eigenvalue weighted by Crippen LogP contribution is 2.24. The molecule has 0 radical (unpaired) electrons. The molecule has 0 bridgehead atoms. The zero-order valence-corrected chi connectivity index (χ0v) is 8.62. The molecule has 2 rings (SSSR count). The molecule has 0 saturated carbocycles. The van der Waals surface area contributed by atoms with Gasteiger partial charge in [-0.25, -0.2) is 0 Å². The zero-order chi connectivity index (χ0) is 10.1. The molecule has 76 valence electrons. The first-order valence-corrected chi connectivity index (χ1v) is 5.04. The van der Waals surface area contributed by atoms with Crippen LogP contribution in [0.4, 0.5) is 5.88 Å². The minimum absolute atomic E-state index is 0.00352. The Labute approximate surface area is 86.8 Å². The van der Waals surface area contributed by atoms with Gasteiger partial charge in [-0.3, -0.25) is 9.69 Å². The number of anilines is 1. The van der Waals surface area contributed by atoms with E-state index in [2.05, 4.69) is 5.16 Å². The van der Waals surface area contributed by atoms with Crippen molar-refractivity contribution in [2.75, 3.05) is 11.4 Å². The normalized spacial score (nSPS) is 22.0. The summed E-state index contributed by atoms with van der Waals surface area (Å²) in [5.41, 5.74) is 0.853. The number of carbonyl (C=O) groups is 1. The van der Waals surface area contributed by atoms with Crippen LogP contribution in [-0.4, -0.2) is 23.0 Å². The highest BCUT2D eigenvalue weighted by atomic mass is 35.5. The summed E-state index contributed by atoms with van der Waals surface area (Å²) < 4.78 is 5.05. The molecule has 1 atom stereocenters. The zero-order valence-electron chi connectivity index (χ0n) is 7.86. The summed E-state index contributed by atoms with van der Waals surface area (Å²) >= 11 is 5.87. The number of alkyl halides is 1. The summed E-state index contributed by atoms with van der Waals surface area (Å²) in [6, 6.07) is 1.78. The van der Waals surface area contributed by atoms with Gasteiger partial charge in [0.05, 0.1) is 11.1 Å². The average Bonchev–Trinajstić information content (AvgIpc) is 2.71. The maximum Gasteiger partial charge on any atom is 0.234 e. The Balaban J connectivity index is 2.18. The highest BCUT2D eigenvalue weighted by molar-refractivity contribution is 6.24. The van der Waals surface area contributed by atoms with E-state index in [9.17, 15) is 4.79 Å². The minimum Gasteiger partial charge on any atom is -0.338 e. The number of carbonyl (C=O) groups excluding carboxylic acids is 1. The van der Waals surface area contributed by atoms with Crippen LogP contribution in [0.5, 0.6) is 0 Å². The van der Waals surface area contributed by atoms with E-state index in [-0.39, 0.29) is 11.3 Å². The number of hydrogen-bond acceptors (Lipinski definition) is 3. The molecule has 1 aromatic heterocycles. The molecule has 5 heteroatoms. The van der Waals surface area contributed by atoms with Crippen LogP contribution >= 0.6 is 11.6 Å². The molecule has 1 amide bonds. The third-order valence-corrected chi connectivity index (χ3v) is 2.54. The van der Waals surface area contributed by atoms with Crippen LogP contribution in [0.15, 0.2) is 10.6 Å². The number of rotatable bonds is 2. The van der Waals surface area contributed by atoms with Crippen molar-refractivity contribution in [3.8, 4) is 0 Å². The first kappa shape index (κ1) is 9.52. The topological polar surface area (TPSA) is 46.3 Å². The van der Waals surface area contributed by atoms with Gasteiger partial charge in [0.1, 0.15) is 0 Å². The molecule has 4 nitrogen and oxygen atoms in total. The van der Waals surface area contributed by atoms with Gasteiger partial charge in [-0.2, -0.15) is 0 Å². The number of hydrogen-bond donors (Lipinski definition) is 0. The van der Waals surface area contributed by atoms with E-state index >= 15 is 0 Å². The quantitative estimate of drug-likeness (QED) is 0.703. The van der Waals surface area contributed by atoms with Gasteiger partial charge < -0.3 is 4.52 Å². The highest BCUT2D eigenvalue weighted by Gasteiger charge is 2.31. The molecule has 1 saturated heterocycles. The molecule has 0 spiro atoms. The maximum absolute atomic E-state index is 11.4. The van der Waals surface area contributed by atoms with Crippen molar-refractivity contribution < 1.29 is 9.32 Å². The van der Waals surface area contributed by atoms with E-state index in [1.165, 1.54) is 0 Å².